The van der Waals surface area contributed by atoms with Gasteiger partial charge in [-0.3, -0.25) is 9.59 Å². The van der Waals surface area contributed by atoms with Crippen LogP contribution in [-0.2, 0) is 4.79 Å². The van der Waals surface area contributed by atoms with Gasteiger partial charge < -0.3 is 20.1 Å². The summed E-state index contributed by atoms with van der Waals surface area (Å²) >= 11 is 6.61. The van der Waals surface area contributed by atoms with Gasteiger partial charge in [-0.05, 0) is 67.3 Å². The third-order valence-electron chi connectivity index (χ3n) is 6.95. The van der Waals surface area contributed by atoms with Crippen molar-refractivity contribution in [3.05, 3.63) is 71.0 Å². The first-order valence-corrected chi connectivity index (χ1v) is 13.3. The van der Waals surface area contributed by atoms with Gasteiger partial charge >= 0.3 is 12.3 Å². The predicted octanol–water partition coefficient (Wildman–Crippen LogP) is 6.70. The average molecular weight is 579 g/mol. The Morgan fingerprint density at radius 2 is 1.77 bits per heavy atom. The van der Waals surface area contributed by atoms with Crippen LogP contribution in [0, 0.1) is 5.92 Å². The van der Waals surface area contributed by atoms with Crippen molar-refractivity contribution in [3.8, 4) is 11.4 Å². The van der Waals surface area contributed by atoms with Crippen LogP contribution < -0.4 is 10.1 Å². The summed E-state index contributed by atoms with van der Waals surface area (Å²) in [6, 6.07) is 12.2. The Hall–Kier alpha value is -3.73. The molecule has 8 nitrogen and oxygen atoms in total. The van der Waals surface area contributed by atoms with E-state index in [1.165, 1.54) is 33.8 Å². The van der Waals surface area contributed by atoms with Crippen molar-refractivity contribution in [3.63, 3.8) is 0 Å². The number of carbonyl (C=O) groups excluding carboxylic acids is 1. The monoisotopic (exact) mass is 578 g/mol. The number of amides is 1. The molecule has 1 saturated carbocycles. The lowest BCUT2D eigenvalue weighted by molar-refractivity contribution is -0.274. The lowest BCUT2D eigenvalue weighted by Gasteiger charge is -2.31. The van der Waals surface area contributed by atoms with Crippen LogP contribution in [-0.4, -0.2) is 51.6 Å². The van der Waals surface area contributed by atoms with E-state index in [4.69, 9.17) is 16.7 Å². The Morgan fingerprint density at radius 3 is 2.38 bits per heavy atom. The molecule has 214 valence electrons. The van der Waals surface area contributed by atoms with Crippen LogP contribution in [0.5, 0.6) is 5.75 Å². The van der Waals surface area contributed by atoms with E-state index in [-0.39, 0.29) is 41.7 Å². The van der Waals surface area contributed by atoms with Crippen LogP contribution in [0.25, 0.3) is 5.69 Å². The molecule has 0 saturated heterocycles. The number of hydrogen-bond donors (Lipinski definition) is 2. The van der Waals surface area contributed by atoms with E-state index in [1.807, 2.05) is 0 Å². The lowest BCUT2D eigenvalue weighted by Crippen LogP contribution is -2.29. The first kappa shape index (κ1) is 29.3. The van der Waals surface area contributed by atoms with Gasteiger partial charge in [0.1, 0.15) is 5.75 Å². The predicted molar refractivity (Wildman–Crippen MR) is 144 cm³/mol. The number of carboxylic acids is 1. The van der Waals surface area contributed by atoms with Crippen molar-refractivity contribution in [2.24, 2.45) is 5.92 Å². The quantitative estimate of drug-likeness (QED) is 0.278. The van der Waals surface area contributed by atoms with E-state index in [9.17, 15) is 22.8 Å². The highest BCUT2D eigenvalue weighted by molar-refractivity contribution is 6.30. The number of alkyl halides is 3. The number of aliphatic carboxylic acids is 1. The minimum absolute atomic E-state index is 0.110. The Balaban J connectivity index is 1.54. The van der Waals surface area contributed by atoms with Gasteiger partial charge in [0, 0.05) is 36.6 Å². The van der Waals surface area contributed by atoms with E-state index in [0.29, 0.717) is 11.3 Å². The summed E-state index contributed by atoms with van der Waals surface area (Å²) in [6.07, 6.45) is 2.20. The topological polar surface area (TPSA) is 96.7 Å². The maximum atomic E-state index is 12.7. The van der Waals surface area contributed by atoms with E-state index >= 15 is 0 Å². The standard InChI is InChI=1S/C28H30ClF3N4O4/c1-35(16-15-24(37)38)27(39)19-7-9-20(10-8-19)33-25(18-5-3-2-4-6-18)23-17-36(34-26(23)29)21-11-13-22(14-12-21)40-28(30,31)32/h7-14,17-18,25,33H,2-6,15-16H2,1H3,(H,37,38). The molecule has 40 heavy (non-hydrogen) atoms. The van der Waals surface area contributed by atoms with Crippen molar-refractivity contribution in [2.45, 2.75) is 50.9 Å². The largest absolute Gasteiger partial charge is 0.573 e. The number of nitrogens with one attached hydrogen (secondary N) is 1. The highest BCUT2D eigenvalue weighted by Crippen LogP contribution is 2.39. The van der Waals surface area contributed by atoms with Crippen molar-refractivity contribution >= 4 is 29.2 Å². The number of carboxylic acid groups (broad SMARTS) is 1. The van der Waals surface area contributed by atoms with Gasteiger partial charge in [-0.15, -0.1) is 13.2 Å². The minimum atomic E-state index is -4.77. The average Bonchev–Trinajstić information content (AvgIpc) is 3.31. The fourth-order valence-corrected chi connectivity index (χ4v) is 5.15. The minimum Gasteiger partial charge on any atom is -0.481 e. The molecule has 1 atom stereocenters. The molecule has 12 heteroatoms. The van der Waals surface area contributed by atoms with Crippen molar-refractivity contribution < 1.29 is 32.6 Å². The highest BCUT2D eigenvalue weighted by Gasteiger charge is 2.31. The maximum Gasteiger partial charge on any atom is 0.573 e. The maximum absolute atomic E-state index is 12.7. The molecule has 4 rings (SSSR count). The molecular formula is C28H30ClF3N4O4. The SMILES string of the molecule is CN(CCC(=O)O)C(=O)c1ccc(NC(c2cn(-c3ccc(OC(F)(F)F)cc3)nc2Cl)C2CCCCC2)cc1. The van der Waals surface area contributed by atoms with Gasteiger partial charge in [-0.1, -0.05) is 30.9 Å². The summed E-state index contributed by atoms with van der Waals surface area (Å²) < 4.78 is 43.0. The zero-order valence-corrected chi connectivity index (χ0v) is 22.6. The third kappa shape index (κ3) is 7.68. The van der Waals surface area contributed by atoms with Gasteiger partial charge in [-0.2, -0.15) is 5.10 Å². The molecule has 0 radical (unpaired) electrons. The van der Waals surface area contributed by atoms with Crippen molar-refractivity contribution in [2.75, 3.05) is 18.9 Å². The van der Waals surface area contributed by atoms with Crippen molar-refractivity contribution in [1.29, 1.82) is 0 Å². The molecule has 1 aliphatic rings. The summed E-state index contributed by atoms with van der Waals surface area (Å²) in [7, 11) is 1.56. The number of halogens is 4. The molecule has 2 aromatic carbocycles. The molecule has 2 N–H and O–H groups in total. The molecule has 1 aromatic heterocycles. The molecule has 1 aliphatic carbocycles. The van der Waals surface area contributed by atoms with Crippen LogP contribution in [0.2, 0.25) is 5.15 Å². The van der Waals surface area contributed by atoms with Gasteiger partial charge in [-0.25, -0.2) is 4.68 Å². The van der Waals surface area contributed by atoms with Crippen molar-refractivity contribution in [1.82, 2.24) is 14.7 Å². The number of carbonyl (C=O) groups is 2. The first-order chi connectivity index (χ1) is 19.0. The summed E-state index contributed by atoms with van der Waals surface area (Å²) in [5, 5.41) is 17.1. The summed E-state index contributed by atoms with van der Waals surface area (Å²) in [6.45, 7) is 0.110. The van der Waals surface area contributed by atoms with E-state index in [1.54, 1.807) is 37.5 Å². The molecule has 1 unspecified atom stereocenters. The normalized spacial score (nSPS) is 14.9. The number of benzene rings is 2. The molecule has 1 heterocycles. The fourth-order valence-electron chi connectivity index (χ4n) is 4.90. The molecule has 1 fully saturated rings. The smallest absolute Gasteiger partial charge is 0.481 e. The molecular weight excluding hydrogens is 549 g/mol. The number of ether oxygens (including phenoxy) is 1. The van der Waals surface area contributed by atoms with E-state index < -0.39 is 12.3 Å². The second kappa shape index (κ2) is 12.6. The Kier molecular flexibility index (Phi) is 9.24. The molecule has 0 bridgehead atoms. The van der Waals surface area contributed by atoms with Crippen LogP contribution in [0.4, 0.5) is 18.9 Å². The zero-order valence-electron chi connectivity index (χ0n) is 21.8. The number of anilines is 1. The van der Waals surface area contributed by atoms with Crippen LogP contribution in [0.15, 0.2) is 54.7 Å². The highest BCUT2D eigenvalue weighted by atomic mass is 35.5. The number of aromatic nitrogens is 2. The first-order valence-electron chi connectivity index (χ1n) is 13.0. The Morgan fingerprint density at radius 1 is 1.12 bits per heavy atom. The summed E-state index contributed by atoms with van der Waals surface area (Å²) in [4.78, 5) is 24.8. The molecule has 1 amide bonds. The van der Waals surface area contributed by atoms with E-state index in [0.717, 1.165) is 43.4 Å². The molecule has 0 spiro atoms. The van der Waals surface area contributed by atoms with Crippen LogP contribution in [0.1, 0.15) is 60.5 Å². The third-order valence-corrected chi connectivity index (χ3v) is 7.24. The molecule has 3 aromatic rings. The number of rotatable bonds is 10. The van der Waals surface area contributed by atoms with Crippen LogP contribution >= 0.6 is 11.6 Å². The van der Waals surface area contributed by atoms with Gasteiger partial charge in [0.05, 0.1) is 18.2 Å². The Labute approximate surface area is 234 Å². The summed E-state index contributed by atoms with van der Waals surface area (Å²) in [5.41, 5.74) is 2.51. The lowest BCUT2D eigenvalue weighted by atomic mass is 9.81. The van der Waals surface area contributed by atoms with Gasteiger partial charge in [0.2, 0.25) is 0 Å². The fraction of sp³-hybridized carbons (Fsp3) is 0.393. The van der Waals surface area contributed by atoms with Crippen LogP contribution in [0.3, 0.4) is 0 Å². The number of nitrogens with zero attached hydrogens (tertiary/aromatic N) is 3. The second-order valence-electron chi connectivity index (χ2n) is 9.83. The van der Waals surface area contributed by atoms with E-state index in [2.05, 4.69) is 15.2 Å². The Bertz CT molecular complexity index is 1310. The number of hydrogen-bond acceptors (Lipinski definition) is 5. The second-order valence-corrected chi connectivity index (χ2v) is 10.2. The molecule has 0 aliphatic heterocycles. The van der Waals surface area contributed by atoms with Gasteiger partial charge in [0.25, 0.3) is 5.91 Å². The summed E-state index contributed by atoms with van der Waals surface area (Å²) in [5.74, 6) is -1.29. The van der Waals surface area contributed by atoms with Gasteiger partial charge in [0.15, 0.2) is 5.15 Å². The zero-order chi connectivity index (χ0) is 28.9.